The van der Waals surface area contributed by atoms with E-state index < -0.39 is 0 Å². The van der Waals surface area contributed by atoms with Gasteiger partial charge in [-0.05, 0) is 43.5 Å². The zero-order valence-corrected chi connectivity index (χ0v) is 18.4. The van der Waals surface area contributed by atoms with Crippen LogP contribution in [0.2, 0.25) is 0 Å². The lowest BCUT2D eigenvalue weighted by Crippen LogP contribution is -2.06. The molecule has 0 aliphatic carbocycles. The van der Waals surface area contributed by atoms with Crippen LogP contribution in [0.15, 0.2) is 36.4 Å². The number of rotatable bonds is 15. The molecule has 0 N–H and O–H groups in total. The van der Waals surface area contributed by atoms with Crippen molar-refractivity contribution in [1.82, 2.24) is 0 Å². The molecule has 0 saturated carbocycles. The second-order valence-corrected chi connectivity index (χ2v) is 7.01. The summed E-state index contributed by atoms with van der Waals surface area (Å²) < 4.78 is 20.7. The molecule has 0 radical (unpaired) electrons. The van der Waals surface area contributed by atoms with E-state index in [0.717, 1.165) is 50.5 Å². The highest BCUT2D eigenvalue weighted by molar-refractivity contribution is 5.87. The van der Waals surface area contributed by atoms with Crippen LogP contribution in [0.1, 0.15) is 57.4 Å². The molecule has 166 valence electrons. The van der Waals surface area contributed by atoms with E-state index in [1.165, 1.54) is 6.08 Å². The van der Waals surface area contributed by atoms with Crippen molar-refractivity contribution < 1.29 is 28.5 Å². The molecule has 0 heterocycles. The quantitative estimate of drug-likeness (QED) is 0.224. The van der Waals surface area contributed by atoms with Gasteiger partial charge in [0.15, 0.2) is 11.5 Å². The topological polar surface area (TPSA) is 71.1 Å². The Bertz CT molecular complexity index is 708. The van der Waals surface area contributed by atoms with Gasteiger partial charge in [0.1, 0.15) is 0 Å². The molecule has 0 atom stereocenters. The summed E-state index contributed by atoms with van der Waals surface area (Å²) in [4.78, 5) is 23.0. The van der Waals surface area contributed by atoms with Gasteiger partial charge in [-0.2, -0.15) is 0 Å². The highest BCUT2D eigenvalue weighted by Gasteiger charge is 2.04. The summed E-state index contributed by atoms with van der Waals surface area (Å²) in [7, 11) is 3.15. The van der Waals surface area contributed by atoms with Gasteiger partial charge in [-0.25, -0.2) is 9.59 Å². The van der Waals surface area contributed by atoms with Gasteiger partial charge in [-0.15, -0.1) is 0 Å². The van der Waals surface area contributed by atoms with E-state index in [9.17, 15) is 9.59 Å². The van der Waals surface area contributed by atoms with Crippen LogP contribution in [0, 0.1) is 0 Å². The van der Waals surface area contributed by atoms with Gasteiger partial charge in [-0.1, -0.05) is 44.7 Å². The minimum atomic E-state index is -0.353. The molecule has 0 aliphatic heterocycles. The van der Waals surface area contributed by atoms with Crippen LogP contribution in [-0.4, -0.2) is 39.4 Å². The molecule has 0 aromatic heterocycles. The molecule has 6 heteroatoms. The van der Waals surface area contributed by atoms with Gasteiger partial charge in [0.2, 0.25) is 0 Å². The summed E-state index contributed by atoms with van der Waals surface area (Å²) >= 11 is 0. The Morgan fingerprint density at radius 3 is 2.00 bits per heavy atom. The van der Waals surface area contributed by atoms with Gasteiger partial charge in [0, 0.05) is 11.6 Å². The van der Waals surface area contributed by atoms with Gasteiger partial charge >= 0.3 is 11.9 Å². The summed E-state index contributed by atoms with van der Waals surface area (Å²) in [6, 6.07) is 5.43. The van der Waals surface area contributed by atoms with E-state index in [-0.39, 0.29) is 11.9 Å². The Hall–Kier alpha value is -2.76. The van der Waals surface area contributed by atoms with Crippen molar-refractivity contribution in [3.05, 3.63) is 42.0 Å². The number of ether oxygens (including phenoxy) is 4. The third-order valence-electron chi connectivity index (χ3n) is 4.43. The minimum Gasteiger partial charge on any atom is -0.493 e. The van der Waals surface area contributed by atoms with E-state index >= 15 is 0 Å². The smallest absolute Gasteiger partial charge is 0.333 e. The van der Waals surface area contributed by atoms with Crippen molar-refractivity contribution in [1.29, 1.82) is 0 Å². The van der Waals surface area contributed by atoms with Crippen LogP contribution < -0.4 is 9.47 Å². The molecule has 0 unspecified atom stereocenters. The van der Waals surface area contributed by atoms with Crippen LogP contribution in [0.3, 0.4) is 0 Å². The van der Waals surface area contributed by atoms with E-state index in [4.69, 9.17) is 18.9 Å². The molecule has 0 amide bonds. The van der Waals surface area contributed by atoms with Crippen LogP contribution >= 0.6 is 0 Å². The van der Waals surface area contributed by atoms with Crippen molar-refractivity contribution in [2.24, 2.45) is 0 Å². The second kappa shape index (κ2) is 15.1. The zero-order chi connectivity index (χ0) is 22.2. The fourth-order valence-corrected chi connectivity index (χ4v) is 2.72. The fourth-order valence-electron chi connectivity index (χ4n) is 2.72. The van der Waals surface area contributed by atoms with Crippen LogP contribution in [0.25, 0.3) is 6.08 Å². The van der Waals surface area contributed by atoms with E-state index in [2.05, 4.69) is 6.58 Å². The van der Waals surface area contributed by atoms with E-state index in [0.29, 0.717) is 30.3 Å². The monoisotopic (exact) mass is 418 g/mol. The predicted octanol–water partition coefficient (Wildman–Crippen LogP) is 5.11. The van der Waals surface area contributed by atoms with Crippen molar-refractivity contribution in [2.45, 2.75) is 51.9 Å². The lowest BCUT2D eigenvalue weighted by atomic mass is 10.1. The molecule has 0 bridgehead atoms. The standard InChI is InChI=1S/C24H34O6/c1-19(2)24(26)30-17-11-9-7-5-6-8-10-16-29-23(25)15-13-20-12-14-21(27-3)22(18-20)28-4/h12-15,18H,1,5-11,16-17H2,2-4H3. The van der Waals surface area contributed by atoms with Gasteiger partial charge in [0.05, 0.1) is 27.4 Å². The minimum absolute atomic E-state index is 0.317. The Morgan fingerprint density at radius 2 is 1.43 bits per heavy atom. The first-order valence-electron chi connectivity index (χ1n) is 10.4. The molecule has 1 aromatic carbocycles. The lowest BCUT2D eigenvalue weighted by Gasteiger charge is -2.07. The number of carbonyl (C=O) groups excluding carboxylic acids is 2. The van der Waals surface area contributed by atoms with E-state index in [1.54, 1.807) is 39.4 Å². The molecule has 0 aliphatic rings. The average molecular weight is 419 g/mol. The molecule has 30 heavy (non-hydrogen) atoms. The van der Waals surface area contributed by atoms with Crippen molar-refractivity contribution in [3.63, 3.8) is 0 Å². The Labute approximate surface area is 179 Å². The van der Waals surface area contributed by atoms with Gasteiger partial charge in [-0.3, -0.25) is 0 Å². The molecule has 1 aromatic rings. The summed E-state index contributed by atoms with van der Waals surface area (Å²) in [5.74, 6) is 0.585. The summed E-state index contributed by atoms with van der Waals surface area (Å²) in [6.07, 6.45) is 10.2. The average Bonchev–Trinajstić information content (AvgIpc) is 2.75. The first kappa shape index (κ1) is 25.3. The number of hydrogen-bond donors (Lipinski definition) is 0. The molecular formula is C24H34O6. The fraction of sp³-hybridized carbons (Fsp3) is 0.500. The Balaban J connectivity index is 2.06. The molecule has 0 fully saturated rings. The van der Waals surface area contributed by atoms with Gasteiger partial charge in [0.25, 0.3) is 0 Å². The number of esters is 2. The van der Waals surface area contributed by atoms with Crippen LogP contribution in [0.5, 0.6) is 11.5 Å². The third-order valence-corrected chi connectivity index (χ3v) is 4.43. The Kier molecular flexibility index (Phi) is 12.7. The second-order valence-electron chi connectivity index (χ2n) is 7.01. The maximum atomic E-state index is 11.8. The first-order chi connectivity index (χ1) is 14.5. The van der Waals surface area contributed by atoms with Crippen molar-refractivity contribution >= 4 is 18.0 Å². The number of carbonyl (C=O) groups is 2. The van der Waals surface area contributed by atoms with Crippen molar-refractivity contribution in [3.8, 4) is 11.5 Å². The van der Waals surface area contributed by atoms with Crippen molar-refractivity contribution in [2.75, 3.05) is 27.4 Å². The van der Waals surface area contributed by atoms with Crippen LogP contribution in [0.4, 0.5) is 0 Å². The summed E-state index contributed by atoms with van der Waals surface area (Å²) in [5, 5.41) is 0. The SMILES string of the molecule is C=C(C)C(=O)OCCCCCCCCCOC(=O)C=Cc1ccc(OC)c(OC)c1. The summed E-state index contributed by atoms with van der Waals surface area (Å²) in [6.45, 7) is 6.07. The number of methoxy groups -OCH3 is 2. The molecule has 1 rings (SSSR count). The zero-order valence-electron chi connectivity index (χ0n) is 18.4. The number of hydrogen-bond acceptors (Lipinski definition) is 6. The highest BCUT2D eigenvalue weighted by atomic mass is 16.5. The maximum absolute atomic E-state index is 11.8. The van der Waals surface area contributed by atoms with Gasteiger partial charge < -0.3 is 18.9 Å². The predicted molar refractivity (Wildman–Crippen MR) is 118 cm³/mol. The lowest BCUT2D eigenvalue weighted by molar-refractivity contribution is -0.139. The molecule has 0 saturated heterocycles. The molecular weight excluding hydrogens is 384 g/mol. The number of benzene rings is 1. The Morgan fingerprint density at radius 1 is 0.867 bits per heavy atom. The summed E-state index contributed by atoms with van der Waals surface area (Å²) in [5.41, 5.74) is 1.27. The third kappa shape index (κ3) is 10.7. The van der Waals surface area contributed by atoms with E-state index in [1.807, 2.05) is 6.07 Å². The van der Waals surface area contributed by atoms with Crippen LogP contribution in [-0.2, 0) is 19.1 Å². The highest BCUT2D eigenvalue weighted by Crippen LogP contribution is 2.27. The number of unbranched alkanes of at least 4 members (excludes halogenated alkanes) is 6. The molecule has 0 spiro atoms. The first-order valence-corrected chi connectivity index (χ1v) is 10.4. The maximum Gasteiger partial charge on any atom is 0.333 e. The molecule has 6 nitrogen and oxygen atoms in total. The normalized spacial score (nSPS) is 10.6. The largest absolute Gasteiger partial charge is 0.493 e.